The number of non-ortho nitro benzene ring substituents is 1. The highest BCUT2D eigenvalue weighted by molar-refractivity contribution is 6.02. The number of hydrogen-bond acceptors (Lipinski definition) is 7. The summed E-state index contributed by atoms with van der Waals surface area (Å²) in [5, 5.41) is 29.4. The highest BCUT2D eigenvalue weighted by Gasteiger charge is 2.10. The summed E-state index contributed by atoms with van der Waals surface area (Å²) >= 11 is 0. The van der Waals surface area contributed by atoms with E-state index in [0.717, 1.165) is 10.8 Å². The van der Waals surface area contributed by atoms with Crippen LogP contribution in [-0.2, 0) is 0 Å². The van der Waals surface area contributed by atoms with Gasteiger partial charge in [-0.25, -0.2) is 0 Å². The molecule has 128 valence electrons. The molecule has 0 radical (unpaired) electrons. The molecule has 1 N–H and O–H groups in total. The van der Waals surface area contributed by atoms with E-state index in [-0.39, 0.29) is 5.69 Å². The highest BCUT2D eigenvalue weighted by atomic mass is 16.6. The van der Waals surface area contributed by atoms with Gasteiger partial charge in [0.1, 0.15) is 6.33 Å². The smallest absolute Gasteiger partial charge is 0.259 e. The van der Waals surface area contributed by atoms with Crippen molar-refractivity contribution < 1.29 is 4.92 Å². The second-order valence-corrected chi connectivity index (χ2v) is 5.61. The standard InChI is InChI=1S/C17H13N7O2/c1-11(12-5-4-6-13(9-12)24(25)26)19-20-16-14-7-2-3-8-15(14)17-21-18-10-23(17)22-16/h2-10H,1H3,(H,20,22)/b19-11+. The predicted octanol–water partition coefficient (Wildman–Crippen LogP) is 3.02. The predicted molar refractivity (Wildman–Crippen MR) is 97.2 cm³/mol. The minimum Gasteiger partial charge on any atom is -0.259 e. The number of hydrazone groups is 1. The van der Waals surface area contributed by atoms with Crippen LogP contribution in [0.1, 0.15) is 12.5 Å². The molecule has 9 nitrogen and oxygen atoms in total. The van der Waals surface area contributed by atoms with E-state index in [1.807, 2.05) is 24.3 Å². The minimum atomic E-state index is -0.431. The summed E-state index contributed by atoms with van der Waals surface area (Å²) in [5.74, 6) is 0.540. The zero-order chi connectivity index (χ0) is 18.1. The van der Waals surface area contributed by atoms with Gasteiger partial charge >= 0.3 is 0 Å². The summed E-state index contributed by atoms with van der Waals surface area (Å²) in [6.07, 6.45) is 1.52. The van der Waals surface area contributed by atoms with Gasteiger partial charge in [0.25, 0.3) is 5.69 Å². The molecule has 0 aliphatic rings. The van der Waals surface area contributed by atoms with Crippen molar-refractivity contribution in [3.63, 3.8) is 0 Å². The van der Waals surface area contributed by atoms with Crippen LogP contribution in [0.4, 0.5) is 11.5 Å². The van der Waals surface area contributed by atoms with Gasteiger partial charge in [0.2, 0.25) is 0 Å². The number of rotatable bonds is 4. The molecule has 0 atom stereocenters. The van der Waals surface area contributed by atoms with Crippen LogP contribution in [-0.4, -0.2) is 30.4 Å². The van der Waals surface area contributed by atoms with Crippen LogP contribution in [0.5, 0.6) is 0 Å². The Bertz CT molecular complexity index is 1170. The summed E-state index contributed by atoms with van der Waals surface area (Å²) in [6.45, 7) is 1.77. The maximum absolute atomic E-state index is 10.9. The van der Waals surface area contributed by atoms with Crippen LogP contribution in [0, 0.1) is 10.1 Å². The summed E-state index contributed by atoms with van der Waals surface area (Å²) in [5.41, 5.74) is 4.88. The molecule has 2 aromatic heterocycles. The molecule has 4 rings (SSSR count). The van der Waals surface area contributed by atoms with Gasteiger partial charge in [-0.1, -0.05) is 36.4 Å². The molecule has 2 aromatic carbocycles. The first kappa shape index (κ1) is 15.6. The lowest BCUT2D eigenvalue weighted by Crippen LogP contribution is -2.04. The second kappa shape index (κ2) is 6.20. The Morgan fingerprint density at radius 3 is 2.81 bits per heavy atom. The molecule has 0 saturated carbocycles. The molecule has 0 bridgehead atoms. The van der Waals surface area contributed by atoms with Crippen molar-refractivity contribution in [2.24, 2.45) is 5.10 Å². The van der Waals surface area contributed by atoms with Gasteiger partial charge in [0.15, 0.2) is 11.5 Å². The Labute approximate surface area is 147 Å². The zero-order valence-electron chi connectivity index (χ0n) is 13.7. The number of nitro benzene ring substituents is 1. The molecule has 0 aliphatic carbocycles. The van der Waals surface area contributed by atoms with Crippen LogP contribution in [0.25, 0.3) is 16.4 Å². The van der Waals surface area contributed by atoms with Gasteiger partial charge in [-0.3, -0.25) is 15.5 Å². The molecule has 0 amide bonds. The van der Waals surface area contributed by atoms with Gasteiger partial charge in [-0.05, 0) is 6.92 Å². The van der Waals surface area contributed by atoms with Crippen LogP contribution < -0.4 is 5.43 Å². The number of nitrogens with one attached hydrogen (secondary N) is 1. The number of hydrogen-bond donors (Lipinski definition) is 1. The molecule has 4 aromatic rings. The van der Waals surface area contributed by atoms with Gasteiger partial charge in [0, 0.05) is 28.5 Å². The molecular weight excluding hydrogens is 334 g/mol. The maximum Gasteiger partial charge on any atom is 0.270 e. The van der Waals surface area contributed by atoms with Crippen molar-refractivity contribution in [2.45, 2.75) is 6.92 Å². The van der Waals surface area contributed by atoms with E-state index in [1.54, 1.807) is 23.6 Å². The number of nitro groups is 1. The van der Waals surface area contributed by atoms with Crippen LogP contribution in [0.2, 0.25) is 0 Å². The largest absolute Gasteiger partial charge is 0.270 e. The first-order valence-corrected chi connectivity index (χ1v) is 7.77. The first-order chi connectivity index (χ1) is 12.6. The molecular formula is C17H13N7O2. The van der Waals surface area contributed by atoms with Gasteiger partial charge < -0.3 is 0 Å². The monoisotopic (exact) mass is 347 g/mol. The van der Waals surface area contributed by atoms with Crippen molar-refractivity contribution in [2.75, 3.05) is 5.43 Å². The van der Waals surface area contributed by atoms with Crippen molar-refractivity contribution in [1.29, 1.82) is 0 Å². The topological polar surface area (TPSA) is 111 Å². The highest BCUT2D eigenvalue weighted by Crippen LogP contribution is 2.24. The zero-order valence-corrected chi connectivity index (χ0v) is 13.7. The van der Waals surface area contributed by atoms with E-state index in [1.165, 1.54) is 18.5 Å². The Morgan fingerprint density at radius 1 is 1.19 bits per heavy atom. The minimum absolute atomic E-state index is 0.0199. The second-order valence-electron chi connectivity index (χ2n) is 5.61. The van der Waals surface area contributed by atoms with E-state index in [2.05, 4.69) is 25.8 Å². The number of anilines is 1. The lowest BCUT2D eigenvalue weighted by atomic mass is 10.1. The molecule has 0 aliphatic heterocycles. The summed E-state index contributed by atoms with van der Waals surface area (Å²) in [6, 6.07) is 14.0. The molecule has 26 heavy (non-hydrogen) atoms. The molecule has 0 spiro atoms. The SMILES string of the molecule is C/C(=N\Nc1nn2cnnc2c2ccccc12)c1cccc([N+](=O)[O-])c1. The summed E-state index contributed by atoms with van der Waals surface area (Å²) in [4.78, 5) is 10.5. The normalized spacial score (nSPS) is 11.8. The van der Waals surface area contributed by atoms with Gasteiger partial charge in [0.05, 0.1) is 10.6 Å². The molecule has 0 fully saturated rings. The van der Waals surface area contributed by atoms with E-state index >= 15 is 0 Å². The van der Waals surface area contributed by atoms with Crippen molar-refractivity contribution >= 4 is 33.6 Å². The van der Waals surface area contributed by atoms with E-state index in [0.29, 0.717) is 22.7 Å². The van der Waals surface area contributed by atoms with Crippen LogP contribution >= 0.6 is 0 Å². The maximum atomic E-state index is 10.9. The van der Waals surface area contributed by atoms with Crippen molar-refractivity contribution in [3.05, 3.63) is 70.5 Å². The van der Waals surface area contributed by atoms with E-state index < -0.39 is 4.92 Å². The van der Waals surface area contributed by atoms with Crippen molar-refractivity contribution in [1.82, 2.24) is 19.8 Å². The average molecular weight is 347 g/mol. The Balaban J connectivity index is 1.73. The fraction of sp³-hybridized carbons (Fsp3) is 0.0588. The van der Waals surface area contributed by atoms with Crippen LogP contribution in [0.3, 0.4) is 0 Å². The van der Waals surface area contributed by atoms with Gasteiger partial charge in [-0.2, -0.15) is 9.62 Å². The van der Waals surface area contributed by atoms with E-state index in [4.69, 9.17) is 0 Å². The summed E-state index contributed by atoms with van der Waals surface area (Å²) < 4.78 is 1.57. The number of fused-ring (bicyclic) bond motifs is 3. The fourth-order valence-corrected chi connectivity index (χ4v) is 2.66. The fourth-order valence-electron chi connectivity index (χ4n) is 2.66. The summed E-state index contributed by atoms with van der Waals surface area (Å²) in [7, 11) is 0. The lowest BCUT2D eigenvalue weighted by Gasteiger charge is -2.07. The number of nitrogens with zero attached hydrogens (tertiary/aromatic N) is 6. The quantitative estimate of drug-likeness (QED) is 0.345. The Morgan fingerprint density at radius 2 is 2.00 bits per heavy atom. The Hall–Kier alpha value is -3.88. The molecule has 2 heterocycles. The van der Waals surface area contributed by atoms with Crippen molar-refractivity contribution in [3.8, 4) is 0 Å². The third-order valence-corrected chi connectivity index (χ3v) is 3.97. The van der Waals surface area contributed by atoms with Crippen LogP contribution in [0.15, 0.2) is 60.0 Å². The Kier molecular flexibility index (Phi) is 3.73. The third-order valence-electron chi connectivity index (χ3n) is 3.97. The van der Waals surface area contributed by atoms with Gasteiger partial charge in [-0.15, -0.1) is 15.3 Å². The third kappa shape index (κ3) is 2.71. The molecule has 9 heteroatoms. The lowest BCUT2D eigenvalue weighted by molar-refractivity contribution is -0.384. The molecule has 0 unspecified atom stereocenters. The van der Waals surface area contributed by atoms with E-state index in [9.17, 15) is 10.1 Å². The molecule has 0 saturated heterocycles. The average Bonchev–Trinajstić information content (AvgIpc) is 3.14. The first-order valence-electron chi connectivity index (χ1n) is 7.77. The number of aromatic nitrogens is 4. The number of benzene rings is 2.